The smallest absolute Gasteiger partial charge is 0.306 e. The number of ether oxygens (including phenoxy) is 1. The van der Waals surface area contributed by atoms with Crippen LogP contribution in [0.1, 0.15) is 31.0 Å². The van der Waals surface area contributed by atoms with Crippen molar-refractivity contribution in [1.29, 1.82) is 0 Å². The molecule has 154 valence electrons. The molecule has 1 saturated heterocycles. The van der Waals surface area contributed by atoms with Crippen LogP contribution in [-0.4, -0.2) is 63.1 Å². The molecular formula is C20H24N4O5. The molecule has 0 bridgehead atoms. The van der Waals surface area contributed by atoms with Crippen LogP contribution in [0.4, 0.5) is 0 Å². The molecule has 1 fully saturated rings. The van der Waals surface area contributed by atoms with Gasteiger partial charge in [0.05, 0.1) is 12.1 Å². The Hall–Kier alpha value is -3.23. The average Bonchev–Trinajstić information content (AvgIpc) is 2.71. The standard InChI is InChI=1S/C20H24N4O5/c1-14-3-4-17-21-16(11-19(27)24(17)12-14)13-29-20(28)6-5-18(26)23-9-7-22(8-10-23)15(2)25/h3-4,11-12H,5-10,13H2,1-2H3. The topological polar surface area (TPSA) is 101 Å². The van der Waals surface area contributed by atoms with Gasteiger partial charge in [0.15, 0.2) is 0 Å². The first-order chi connectivity index (χ1) is 13.8. The Bertz CT molecular complexity index is 992. The van der Waals surface area contributed by atoms with Crippen molar-refractivity contribution in [3.63, 3.8) is 0 Å². The molecule has 0 radical (unpaired) electrons. The van der Waals surface area contributed by atoms with Gasteiger partial charge in [-0.1, -0.05) is 6.07 Å². The van der Waals surface area contributed by atoms with Crippen LogP contribution in [0.3, 0.4) is 0 Å². The van der Waals surface area contributed by atoms with E-state index in [4.69, 9.17) is 4.74 Å². The second-order valence-corrected chi connectivity index (χ2v) is 7.07. The molecule has 0 N–H and O–H groups in total. The molecule has 0 aliphatic carbocycles. The minimum Gasteiger partial charge on any atom is -0.459 e. The van der Waals surface area contributed by atoms with Crippen molar-refractivity contribution in [2.75, 3.05) is 26.2 Å². The SMILES string of the molecule is CC(=O)N1CCN(C(=O)CCC(=O)OCc2cc(=O)n3cc(C)ccc3n2)CC1. The summed E-state index contributed by atoms with van der Waals surface area (Å²) < 4.78 is 6.60. The minimum atomic E-state index is -0.522. The van der Waals surface area contributed by atoms with Gasteiger partial charge in [0.2, 0.25) is 11.8 Å². The predicted molar refractivity (Wildman–Crippen MR) is 104 cm³/mol. The lowest BCUT2D eigenvalue weighted by atomic mass is 10.2. The number of aryl methyl sites for hydroxylation is 1. The van der Waals surface area contributed by atoms with Crippen LogP contribution < -0.4 is 5.56 Å². The average molecular weight is 400 g/mol. The van der Waals surface area contributed by atoms with Gasteiger partial charge in [0, 0.05) is 51.8 Å². The summed E-state index contributed by atoms with van der Waals surface area (Å²) in [6, 6.07) is 4.91. The van der Waals surface area contributed by atoms with E-state index >= 15 is 0 Å². The van der Waals surface area contributed by atoms with Crippen LogP contribution in [0.15, 0.2) is 29.2 Å². The number of hydrogen-bond acceptors (Lipinski definition) is 6. The van der Waals surface area contributed by atoms with Crippen LogP contribution in [0, 0.1) is 6.92 Å². The lowest BCUT2D eigenvalue weighted by Gasteiger charge is -2.34. The maximum Gasteiger partial charge on any atom is 0.306 e. The molecule has 0 spiro atoms. The molecule has 0 saturated carbocycles. The second-order valence-electron chi connectivity index (χ2n) is 7.07. The normalized spacial score (nSPS) is 14.1. The van der Waals surface area contributed by atoms with Crippen LogP contribution in [-0.2, 0) is 25.7 Å². The maximum atomic E-state index is 12.2. The number of amides is 2. The van der Waals surface area contributed by atoms with Crippen molar-refractivity contribution < 1.29 is 19.1 Å². The summed E-state index contributed by atoms with van der Waals surface area (Å²) in [4.78, 5) is 55.4. The molecule has 3 heterocycles. The molecule has 3 rings (SSSR count). The number of piperazine rings is 1. The number of pyridine rings is 1. The van der Waals surface area contributed by atoms with Crippen molar-refractivity contribution in [1.82, 2.24) is 19.2 Å². The van der Waals surface area contributed by atoms with Gasteiger partial charge < -0.3 is 14.5 Å². The largest absolute Gasteiger partial charge is 0.459 e. The quantitative estimate of drug-likeness (QED) is 0.678. The zero-order valence-corrected chi connectivity index (χ0v) is 16.6. The highest BCUT2D eigenvalue weighted by atomic mass is 16.5. The third kappa shape index (κ3) is 5.18. The van der Waals surface area contributed by atoms with Crippen LogP contribution in [0.5, 0.6) is 0 Å². The Labute approximate surface area is 167 Å². The first-order valence-corrected chi connectivity index (χ1v) is 9.51. The van der Waals surface area contributed by atoms with Gasteiger partial charge in [0.25, 0.3) is 5.56 Å². The Morgan fingerprint density at radius 2 is 1.76 bits per heavy atom. The highest BCUT2D eigenvalue weighted by Crippen LogP contribution is 2.08. The number of aromatic nitrogens is 2. The Morgan fingerprint density at radius 1 is 1.07 bits per heavy atom. The van der Waals surface area contributed by atoms with Crippen molar-refractivity contribution in [3.8, 4) is 0 Å². The maximum absolute atomic E-state index is 12.2. The number of rotatable bonds is 5. The van der Waals surface area contributed by atoms with Gasteiger partial charge >= 0.3 is 5.97 Å². The van der Waals surface area contributed by atoms with Crippen LogP contribution >= 0.6 is 0 Å². The van der Waals surface area contributed by atoms with E-state index < -0.39 is 5.97 Å². The molecule has 1 aliphatic rings. The highest BCUT2D eigenvalue weighted by Gasteiger charge is 2.22. The number of carbonyl (C=O) groups excluding carboxylic acids is 3. The summed E-state index contributed by atoms with van der Waals surface area (Å²) in [5.41, 5.74) is 1.53. The summed E-state index contributed by atoms with van der Waals surface area (Å²) in [5.74, 6) is -0.660. The summed E-state index contributed by atoms with van der Waals surface area (Å²) >= 11 is 0. The molecule has 0 unspecified atom stereocenters. The van der Waals surface area contributed by atoms with E-state index in [-0.39, 0.29) is 36.8 Å². The van der Waals surface area contributed by atoms with E-state index in [1.165, 1.54) is 17.4 Å². The van der Waals surface area contributed by atoms with Crippen molar-refractivity contribution >= 4 is 23.4 Å². The molecule has 0 aromatic carbocycles. The van der Waals surface area contributed by atoms with E-state index in [1.54, 1.807) is 22.1 Å². The van der Waals surface area contributed by atoms with Crippen molar-refractivity contribution in [2.45, 2.75) is 33.3 Å². The summed E-state index contributed by atoms with van der Waals surface area (Å²) in [6.45, 7) is 5.22. The molecule has 9 nitrogen and oxygen atoms in total. The van der Waals surface area contributed by atoms with Gasteiger partial charge in [-0.05, 0) is 18.6 Å². The van der Waals surface area contributed by atoms with Gasteiger partial charge in [-0.25, -0.2) is 4.98 Å². The van der Waals surface area contributed by atoms with E-state index in [9.17, 15) is 19.2 Å². The van der Waals surface area contributed by atoms with E-state index in [0.29, 0.717) is 37.5 Å². The third-order valence-corrected chi connectivity index (χ3v) is 4.86. The van der Waals surface area contributed by atoms with Crippen LogP contribution in [0.25, 0.3) is 5.65 Å². The minimum absolute atomic E-state index is 0.00209. The van der Waals surface area contributed by atoms with Gasteiger partial charge in [0.1, 0.15) is 12.3 Å². The Balaban J connectivity index is 1.47. The van der Waals surface area contributed by atoms with E-state index in [0.717, 1.165) is 5.56 Å². The predicted octanol–water partition coefficient (Wildman–Crippen LogP) is 0.517. The molecule has 2 aromatic rings. The molecule has 9 heteroatoms. The molecule has 0 atom stereocenters. The van der Waals surface area contributed by atoms with Gasteiger partial charge in [-0.2, -0.15) is 0 Å². The number of hydrogen-bond donors (Lipinski definition) is 0. The van der Waals surface area contributed by atoms with Crippen molar-refractivity contribution in [2.24, 2.45) is 0 Å². The van der Waals surface area contributed by atoms with Crippen molar-refractivity contribution in [3.05, 3.63) is 46.0 Å². The zero-order valence-electron chi connectivity index (χ0n) is 16.6. The fourth-order valence-corrected chi connectivity index (χ4v) is 3.20. The fraction of sp³-hybridized carbons (Fsp3) is 0.450. The monoisotopic (exact) mass is 400 g/mol. The lowest BCUT2D eigenvalue weighted by molar-refractivity contribution is -0.147. The molecule has 2 aromatic heterocycles. The molecule has 1 aliphatic heterocycles. The number of esters is 1. The van der Waals surface area contributed by atoms with E-state index in [2.05, 4.69) is 4.98 Å². The molecule has 2 amide bonds. The summed E-state index contributed by atoms with van der Waals surface area (Å²) in [7, 11) is 0. The lowest BCUT2D eigenvalue weighted by Crippen LogP contribution is -2.50. The number of fused-ring (bicyclic) bond motifs is 1. The summed E-state index contributed by atoms with van der Waals surface area (Å²) in [5, 5.41) is 0. The molecular weight excluding hydrogens is 376 g/mol. The first kappa shape index (κ1) is 20.5. The van der Waals surface area contributed by atoms with Gasteiger partial charge in [-0.3, -0.25) is 23.6 Å². The Kier molecular flexibility index (Phi) is 6.26. The Morgan fingerprint density at radius 3 is 2.45 bits per heavy atom. The number of nitrogens with zero attached hydrogens (tertiary/aromatic N) is 4. The second kappa shape index (κ2) is 8.85. The van der Waals surface area contributed by atoms with E-state index in [1.807, 2.05) is 13.0 Å². The number of carbonyl (C=O) groups is 3. The van der Waals surface area contributed by atoms with Gasteiger partial charge in [-0.15, -0.1) is 0 Å². The summed E-state index contributed by atoms with van der Waals surface area (Å²) in [6.07, 6.45) is 1.70. The fourth-order valence-electron chi connectivity index (χ4n) is 3.20. The third-order valence-electron chi connectivity index (χ3n) is 4.86. The highest BCUT2D eigenvalue weighted by molar-refractivity contribution is 5.81. The zero-order chi connectivity index (χ0) is 21.0. The first-order valence-electron chi connectivity index (χ1n) is 9.51. The molecule has 29 heavy (non-hydrogen) atoms. The van der Waals surface area contributed by atoms with Crippen LogP contribution in [0.2, 0.25) is 0 Å².